The maximum absolute atomic E-state index is 12.0. The standard InChI is InChI=1S/C14H20F3NO/c15-14(16,17)13(19)18-6-2-5-12-8-10-3-1-4-11(7-10)9-12/h5,10-11H,1-4,6-9H2,(H,18,19). The van der Waals surface area contributed by atoms with E-state index in [0.29, 0.717) is 6.42 Å². The van der Waals surface area contributed by atoms with E-state index in [4.69, 9.17) is 0 Å². The summed E-state index contributed by atoms with van der Waals surface area (Å²) in [6.45, 7) is 0.0666. The molecule has 0 radical (unpaired) electrons. The summed E-state index contributed by atoms with van der Waals surface area (Å²) in [5.74, 6) is -0.279. The molecule has 0 heterocycles. The second kappa shape index (κ2) is 5.97. The third-order valence-corrected chi connectivity index (χ3v) is 4.11. The van der Waals surface area contributed by atoms with Crippen molar-refractivity contribution >= 4 is 5.91 Å². The van der Waals surface area contributed by atoms with Gasteiger partial charge in [0.2, 0.25) is 0 Å². The fourth-order valence-electron chi connectivity index (χ4n) is 3.33. The average molecular weight is 275 g/mol. The molecule has 0 aromatic rings. The monoisotopic (exact) mass is 275 g/mol. The van der Waals surface area contributed by atoms with Gasteiger partial charge >= 0.3 is 12.1 Å². The molecule has 19 heavy (non-hydrogen) atoms. The van der Waals surface area contributed by atoms with Crippen LogP contribution in [0.2, 0.25) is 0 Å². The summed E-state index contributed by atoms with van der Waals surface area (Å²) >= 11 is 0. The summed E-state index contributed by atoms with van der Waals surface area (Å²) in [5, 5.41) is 1.90. The maximum atomic E-state index is 12.0. The van der Waals surface area contributed by atoms with E-state index < -0.39 is 12.1 Å². The molecular formula is C14H20F3NO. The van der Waals surface area contributed by atoms with E-state index in [2.05, 4.69) is 0 Å². The van der Waals surface area contributed by atoms with Gasteiger partial charge < -0.3 is 5.32 Å². The third kappa shape index (κ3) is 4.25. The Morgan fingerprint density at radius 3 is 2.47 bits per heavy atom. The topological polar surface area (TPSA) is 29.1 Å². The summed E-state index contributed by atoms with van der Waals surface area (Å²) in [5.41, 5.74) is 1.38. The number of alkyl halides is 3. The van der Waals surface area contributed by atoms with Crippen LogP contribution < -0.4 is 5.32 Å². The second-order valence-electron chi connectivity index (χ2n) is 5.71. The van der Waals surface area contributed by atoms with Crippen LogP contribution in [0.25, 0.3) is 0 Å². The van der Waals surface area contributed by atoms with Crippen molar-refractivity contribution in [2.75, 3.05) is 6.54 Å². The minimum absolute atomic E-state index is 0.0666. The largest absolute Gasteiger partial charge is 0.471 e. The molecule has 2 aliphatic carbocycles. The first kappa shape index (κ1) is 14.4. The Morgan fingerprint density at radius 2 is 1.89 bits per heavy atom. The van der Waals surface area contributed by atoms with Gasteiger partial charge in [-0.25, -0.2) is 0 Å². The van der Waals surface area contributed by atoms with Crippen LogP contribution in [0.1, 0.15) is 44.9 Å². The Hall–Kier alpha value is -1.00. The van der Waals surface area contributed by atoms with Gasteiger partial charge in [0, 0.05) is 6.54 Å². The van der Waals surface area contributed by atoms with Gasteiger partial charge in [-0.2, -0.15) is 13.2 Å². The zero-order valence-electron chi connectivity index (χ0n) is 10.9. The molecular weight excluding hydrogens is 255 g/mol. The number of nitrogens with one attached hydrogen (secondary N) is 1. The van der Waals surface area contributed by atoms with Crippen molar-refractivity contribution in [1.29, 1.82) is 0 Å². The molecule has 2 aliphatic rings. The highest BCUT2D eigenvalue weighted by molar-refractivity contribution is 5.81. The summed E-state index contributed by atoms with van der Waals surface area (Å²) < 4.78 is 35.9. The minimum atomic E-state index is -4.77. The summed E-state index contributed by atoms with van der Waals surface area (Å²) in [4.78, 5) is 10.6. The number of amides is 1. The quantitative estimate of drug-likeness (QED) is 0.619. The molecule has 0 spiro atoms. The van der Waals surface area contributed by atoms with Crippen molar-refractivity contribution in [2.24, 2.45) is 11.8 Å². The van der Waals surface area contributed by atoms with Gasteiger partial charge in [0.05, 0.1) is 0 Å². The van der Waals surface area contributed by atoms with Crippen molar-refractivity contribution in [3.8, 4) is 0 Å². The van der Waals surface area contributed by atoms with E-state index in [9.17, 15) is 18.0 Å². The highest BCUT2D eigenvalue weighted by Gasteiger charge is 2.38. The first-order valence-corrected chi connectivity index (χ1v) is 6.98. The number of rotatable bonds is 3. The lowest BCUT2D eigenvalue weighted by atomic mass is 9.70. The van der Waals surface area contributed by atoms with E-state index in [1.807, 2.05) is 11.4 Å². The molecule has 0 aliphatic heterocycles. The van der Waals surface area contributed by atoms with Crippen molar-refractivity contribution in [2.45, 2.75) is 51.1 Å². The smallest absolute Gasteiger partial charge is 0.348 e. The Labute approximate surface area is 111 Å². The van der Waals surface area contributed by atoms with E-state index in [1.54, 1.807) is 0 Å². The molecule has 2 rings (SSSR count). The van der Waals surface area contributed by atoms with Gasteiger partial charge in [-0.15, -0.1) is 0 Å². The number of fused-ring (bicyclic) bond motifs is 2. The fraction of sp³-hybridized carbons (Fsp3) is 0.786. The summed E-state index contributed by atoms with van der Waals surface area (Å²) in [6.07, 6.45) is 5.18. The zero-order valence-corrected chi connectivity index (χ0v) is 10.9. The highest BCUT2D eigenvalue weighted by Crippen LogP contribution is 2.42. The fourth-order valence-corrected chi connectivity index (χ4v) is 3.33. The van der Waals surface area contributed by atoms with Crippen molar-refractivity contribution in [3.05, 3.63) is 11.6 Å². The van der Waals surface area contributed by atoms with Crippen LogP contribution in [-0.4, -0.2) is 18.6 Å². The second-order valence-corrected chi connectivity index (χ2v) is 5.71. The maximum Gasteiger partial charge on any atom is 0.471 e. The number of carbonyl (C=O) groups is 1. The predicted molar refractivity (Wildman–Crippen MR) is 66.4 cm³/mol. The molecule has 0 saturated heterocycles. The molecule has 0 aromatic heterocycles. The van der Waals surface area contributed by atoms with Crippen molar-refractivity contribution in [1.82, 2.24) is 5.32 Å². The van der Waals surface area contributed by atoms with E-state index in [0.717, 1.165) is 24.7 Å². The molecule has 1 N–H and O–H groups in total. The molecule has 5 heteroatoms. The van der Waals surface area contributed by atoms with Gasteiger partial charge in [-0.3, -0.25) is 4.79 Å². The minimum Gasteiger partial charge on any atom is -0.348 e. The van der Waals surface area contributed by atoms with Crippen LogP contribution in [0.3, 0.4) is 0 Å². The number of carbonyl (C=O) groups excluding carboxylic acids is 1. The third-order valence-electron chi connectivity index (χ3n) is 4.11. The molecule has 2 atom stereocenters. The van der Waals surface area contributed by atoms with Gasteiger partial charge in [0.1, 0.15) is 0 Å². The Morgan fingerprint density at radius 1 is 1.26 bits per heavy atom. The van der Waals surface area contributed by atoms with Crippen LogP contribution in [0.4, 0.5) is 13.2 Å². The van der Waals surface area contributed by atoms with Crippen LogP contribution in [-0.2, 0) is 4.79 Å². The predicted octanol–water partition coefficient (Wildman–Crippen LogP) is 3.58. The number of halogens is 3. The van der Waals surface area contributed by atoms with E-state index in [-0.39, 0.29) is 6.54 Å². The Balaban J connectivity index is 1.73. The lowest BCUT2D eigenvalue weighted by molar-refractivity contribution is -0.173. The molecule has 0 aromatic carbocycles. The number of allylic oxidation sites excluding steroid dienone is 1. The molecule has 2 saturated carbocycles. The lowest BCUT2D eigenvalue weighted by Crippen LogP contribution is -2.37. The first-order chi connectivity index (χ1) is 8.95. The SMILES string of the molecule is O=C(NCCC=C1CC2CCCC(C1)C2)C(F)(F)F. The van der Waals surface area contributed by atoms with Gasteiger partial charge in [-0.1, -0.05) is 30.9 Å². The molecule has 2 nitrogen and oxygen atoms in total. The van der Waals surface area contributed by atoms with Gasteiger partial charge in [0.15, 0.2) is 0 Å². The normalized spacial score (nSPS) is 27.0. The van der Waals surface area contributed by atoms with E-state index in [1.165, 1.54) is 31.3 Å². The summed E-state index contributed by atoms with van der Waals surface area (Å²) in [6, 6.07) is 0. The zero-order chi connectivity index (χ0) is 13.9. The molecule has 108 valence electrons. The van der Waals surface area contributed by atoms with Crippen LogP contribution in [0, 0.1) is 11.8 Å². The number of hydrogen-bond acceptors (Lipinski definition) is 1. The van der Waals surface area contributed by atoms with Crippen LogP contribution in [0.15, 0.2) is 11.6 Å². The molecule has 2 bridgehead atoms. The Kier molecular flexibility index (Phi) is 4.53. The van der Waals surface area contributed by atoms with Crippen LogP contribution in [0.5, 0.6) is 0 Å². The molecule has 2 unspecified atom stereocenters. The van der Waals surface area contributed by atoms with Crippen LogP contribution >= 0.6 is 0 Å². The molecule has 1 amide bonds. The van der Waals surface area contributed by atoms with Gasteiger partial charge in [0.25, 0.3) is 0 Å². The highest BCUT2D eigenvalue weighted by atomic mass is 19.4. The number of hydrogen-bond donors (Lipinski definition) is 1. The van der Waals surface area contributed by atoms with Gasteiger partial charge in [-0.05, 0) is 37.5 Å². The first-order valence-electron chi connectivity index (χ1n) is 6.98. The average Bonchev–Trinajstić information content (AvgIpc) is 2.32. The molecule has 2 fully saturated rings. The van der Waals surface area contributed by atoms with Crippen molar-refractivity contribution in [3.63, 3.8) is 0 Å². The Bertz CT molecular complexity index is 348. The van der Waals surface area contributed by atoms with E-state index >= 15 is 0 Å². The lowest BCUT2D eigenvalue weighted by Gasteiger charge is -2.35. The summed E-state index contributed by atoms with van der Waals surface area (Å²) in [7, 11) is 0. The van der Waals surface area contributed by atoms with Crippen molar-refractivity contribution < 1.29 is 18.0 Å².